The fraction of sp³-hybridized carbons (Fsp3) is 0.217. The first-order chi connectivity index (χ1) is 13.5. The van der Waals surface area contributed by atoms with Crippen molar-refractivity contribution in [3.8, 4) is 0 Å². The molecule has 2 aromatic heterocycles. The smallest absolute Gasteiger partial charge is 0.336 e. The standard InChI is InChI=1S/C23H21NO4/c1-14-7-9-19-17(11-22(26)28-23(19)15(14)2)13-27-21(25)10-8-16-12-24-20-6-4-3-5-18(16)20/h3-7,9,11-12,24H,8,10,13H2,1-2H3. The largest absolute Gasteiger partial charge is 0.461 e. The molecule has 142 valence electrons. The van der Waals surface area contributed by atoms with Gasteiger partial charge in [0.2, 0.25) is 0 Å². The van der Waals surface area contributed by atoms with Gasteiger partial charge in [-0.1, -0.05) is 30.3 Å². The molecule has 0 atom stereocenters. The van der Waals surface area contributed by atoms with Gasteiger partial charge in [0.05, 0.1) is 0 Å². The van der Waals surface area contributed by atoms with Crippen LogP contribution in [0.1, 0.15) is 28.7 Å². The summed E-state index contributed by atoms with van der Waals surface area (Å²) in [5.41, 5.74) is 4.88. The third-order valence-corrected chi connectivity index (χ3v) is 5.18. The first-order valence-corrected chi connectivity index (χ1v) is 9.26. The van der Waals surface area contributed by atoms with E-state index in [1.165, 1.54) is 6.07 Å². The van der Waals surface area contributed by atoms with Crippen molar-refractivity contribution in [1.29, 1.82) is 0 Å². The van der Waals surface area contributed by atoms with Crippen molar-refractivity contribution in [2.75, 3.05) is 0 Å². The number of carbonyl (C=O) groups excluding carboxylic acids is 1. The number of aryl methyl sites for hydroxylation is 3. The summed E-state index contributed by atoms with van der Waals surface area (Å²) in [5, 5.41) is 1.92. The Morgan fingerprint density at radius 1 is 1.07 bits per heavy atom. The number of aromatic amines is 1. The molecule has 4 aromatic rings. The number of H-pyrrole nitrogens is 1. The second kappa shape index (κ2) is 7.35. The lowest BCUT2D eigenvalue weighted by Gasteiger charge is -2.09. The maximum Gasteiger partial charge on any atom is 0.336 e. The van der Waals surface area contributed by atoms with Crippen LogP contribution in [-0.4, -0.2) is 11.0 Å². The Balaban J connectivity index is 1.46. The topological polar surface area (TPSA) is 72.3 Å². The Bertz CT molecular complexity index is 1230. The predicted octanol–water partition coefficient (Wildman–Crippen LogP) is 4.57. The molecular formula is C23H21NO4. The van der Waals surface area contributed by atoms with Gasteiger partial charge < -0.3 is 14.1 Å². The number of fused-ring (bicyclic) bond motifs is 2. The van der Waals surface area contributed by atoms with Gasteiger partial charge in [0.15, 0.2) is 0 Å². The van der Waals surface area contributed by atoms with E-state index in [1.54, 1.807) is 0 Å². The zero-order valence-electron chi connectivity index (χ0n) is 15.9. The molecule has 0 bridgehead atoms. The van der Waals surface area contributed by atoms with Crippen LogP contribution in [0.3, 0.4) is 0 Å². The van der Waals surface area contributed by atoms with Crippen molar-refractivity contribution in [2.45, 2.75) is 33.3 Å². The van der Waals surface area contributed by atoms with Gasteiger partial charge in [-0.25, -0.2) is 4.79 Å². The molecule has 2 aromatic carbocycles. The minimum atomic E-state index is -0.439. The maximum absolute atomic E-state index is 12.3. The van der Waals surface area contributed by atoms with Gasteiger partial charge in [0.1, 0.15) is 12.2 Å². The molecule has 0 spiro atoms. The van der Waals surface area contributed by atoms with E-state index in [-0.39, 0.29) is 19.0 Å². The Kier molecular flexibility index (Phi) is 4.74. The van der Waals surface area contributed by atoms with E-state index in [0.29, 0.717) is 17.6 Å². The molecule has 0 radical (unpaired) electrons. The number of hydrogen-bond acceptors (Lipinski definition) is 4. The van der Waals surface area contributed by atoms with Crippen LogP contribution in [0.15, 0.2) is 57.9 Å². The number of ether oxygens (including phenoxy) is 1. The highest BCUT2D eigenvalue weighted by molar-refractivity contribution is 5.85. The summed E-state index contributed by atoms with van der Waals surface area (Å²) >= 11 is 0. The molecule has 0 amide bonds. The van der Waals surface area contributed by atoms with Gasteiger partial charge in [-0.2, -0.15) is 0 Å². The van der Waals surface area contributed by atoms with Crippen molar-refractivity contribution < 1.29 is 13.9 Å². The monoisotopic (exact) mass is 375 g/mol. The number of aromatic nitrogens is 1. The Hall–Kier alpha value is -3.34. The van der Waals surface area contributed by atoms with Crippen LogP contribution in [0.25, 0.3) is 21.9 Å². The van der Waals surface area contributed by atoms with Crippen LogP contribution < -0.4 is 5.63 Å². The fourth-order valence-corrected chi connectivity index (χ4v) is 3.45. The van der Waals surface area contributed by atoms with Crippen LogP contribution in [-0.2, 0) is 22.6 Å². The highest BCUT2D eigenvalue weighted by atomic mass is 16.5. The second-order valence-electron chi connectivity index (χ2n) is 6.99. The minimum absolute atomic E-state index is 0.0529. The third kappa shape index (κ3) is 3.43. The van der Waals surface area contributed by atoms with Crippen molar-refractivity contribution in [1.82, 2.24) is 4.98 Å². The summed E-state index contributed by atoms with van der Waals surface area (Å²) in [5.74, 6) is -0.296. The van der Waals surface area contributed by atoms with Crippen LogP contribution in [0, 0.1) is 13.8 Å². The van der Waals surface area contributed by atoms with E-state index < -0.39 is 5.63 Å². The third-order valence-electron chi connectivity index (χ3n) is 5.18. The summed E-state index contributed by atoms with van der Waals surface area (Å²) in [6.07, 6.45) is 2.80. The van der Waals surface area contributed by atoms with Crippen LogP contribution in [0.4, 0.5) is 0 Å². The van der Waals surface area contributed by atoms with Crippen molar-refractivity contribution in [2.24, 2.45) is 0 Å². The minimum Gasteiger partial charge on any atom is -0.461 e. The molecule has 0 unspecified atom stereocenters. The molecule has 0 aliphatic carbocycles. The highest BCUT2D eigenvalue weighted by Gasteiger charge is 2.12. The predicted molar refractivity (Wildman–Crippen MR) is 108 cm³/mol. The molecule has 5 nitrogen and oxygen atoms in total. The zero-order valence-corrected chi connectivity index (χ0v) is 15.9. The van der Waals surface area contributed by atoms with Crippen LogP contribution in [0.2, 0.25) is 0 Å². The molecular weight excluding hydrogens is 354 g/mol. The molecule has 28 heavy (non-hydrogen) atoms. The number of nitrogens with one attached hydrogen (secondary N) is 1. The van der Waals surface area contributed by atoms with Gasteiger partial charge in [0, 0.05) is 40.5 Å². The molecule has 4 rings (SSSR count). The Labute approximate surface area is 161 Å². The van der Waals surface area contributed by atoms with Crippen molar-refractivity contribution in [3.63, 3.8) is 0 Å². The molecule has 2 heterocycles. The number of esters is 1. The number of benzene rings is 2. The van der Waals surface area contributed by atoms with Gasteiger partial charge in [-0.05, 0) is 43.0 Å². The zero-order chi connectivity index (χ0) is 19.7. The summed E-state index contributed by atoms with van der Waals surface area (Å²) in [7, 11) is 0. The van der Waals surface area contributed by atoms with E-state index in [1.807, 2.05) is 56.4 Å². The molecule has 0 saturated heterocycles. The van der Waals surface area contributed by atoms with Gasteiger partial charge in [-0.15, -0.1) is 0 Å². The average Bonchev–Trinajstić information content (AvgIpc) is 3.11. The lowest BCUT2D eigenvalue weighted by atomic mass is 10.0. The average molecular weight is 375 g/mol. The summed E-state index contributed by atoms with van der Waals surface area (Å²) in [4.78, 5) is 27.4. The van der Waals surface area contributed by atoms with Crippen LogP contribution in [0.5, 0.6) is 0 Å². The van der Waals surface area contributed by atoms with Gasteiger partial charge in [0.25, 0.3) is 0 Å². The summed E-state index contributed by atoms with van der Waals surface area (Å²) in [6, 6.07) is 13.3. The molecule has 0 aliphatic heterocycles. The van der Waals surface area contributed by atoms with Gasteiger partial charge in [-0.3, -0.25) is 4.79 Å². The van der Waals surface area contributed by atoms with E-state index in [9.17, 15) is 9.59 Å². The Morgan fingerprint density at radius 3 is 2.75 bits per heavy atom. The molecule has 5 heteroatoms. The van der Waals surface area contributed by atoms with Gasteiger partial charge >= 0.3 is 11.6 Å². The Morgan fingerprint density at radius 2 is 1.89 bits per heavy atom. The van der Waals surface area contributed by atoms with E-state index >= 15 is 0 Å². The molecule has 0 aliphatic rings. The van der Waals surface area contributed by atoms with Crippen LogP contribution >= 0.6 is 0 Å². The SMILES string of the molecule is Cc1ccc2c(COC(=O)CCc3c[nH]c4ccccc34)cc(=O)oc2c1C. The maximum atomic E-state index is 12.3. The number of para-hydroxylation sites is 1. The normalized spacial score (nSPS) is 11.2. The lowest BCUT2D eigenvalue weighted by Crippen LogP contribution is -2.08. The van der Waals surface area contributed by atoms with E-state index in [0.717, 1.165) is 33.0 Å². The molecule has 0 fully saturated rings. The van der Waals surface area contributed by atoms with Crippen molar-refractivity contribution in [3.05, 3.63) is 81.3 Å². The van der Waals surface area contributed by atoms with Crippen molar-refractivity contribution >= 4 is 27.8 Å². The second-order valence-corrected chi connectivity index (χ2v) is 6.99. The van der Waals surface area contributed by atoms with E-state index in [4.69, 9.17) is 9.15 Å². The fourth-order valence-electron chi connectivity index (χ4n) is 3.45. The summed E-state index contributed by atoms with van der Waals surface area (Å²) in [6.45, 7) is 3.93. The quantitative estimate of drug-likeness (QED) is 0.410. The molecule has 1 N–H and O–H groups in total. The number of hydrogen-bond donors (Lipinski definition) is 1. The lowest BCUT2D eigenvalue weighted by molar-refractivity contribution is -0.144. The number of rotatable bonds is 5. The van der Waals surface area contributed by atoms with E-state index in [2.05, 4.69) is 4.98 Å². The first kappa shape index (κ1) is 18.0. The summed E-state index contributed by atoms with van der Waals surface area (Å²) < 4.78 is 10.8. The first-order valence-electron chi connectivity index (χ1n) is 9.26. The molecule has 0 saturated carbocycles. The highest BCUT2D eigenvalue weighted by Crippen LogP contribution is 2.24. The number of carbonyl (C=O) groups is 1.